The van der Waals surface area contributed by atoms with Crippen molar-refractivity contribution in [3.05, 3.63) is 70.8 Å². The van der Waals surface area contributed by atoms with Crippen LogP contribution in [0.4, 0.5) is 0 Å². The summed E-state index contributed by atoms with van der Waals surface area (Å²) in [6.45, 7) is 6.25. The van der Waals surface area contributed by atoms with Crippen LogP contribution in [0.2, 0.25) is 0 Å². The molecular weight excluding hydrogens is 270 g/mol. The normalized spacial score (nSPS) is 12.0. The molecule has 1 N–H and O–H groups in total. The molecule has 0 saturated heterocycles. The first kappa shape index (κ1) is 16.3. The van der Waals surface area contributed by atoms with E-state index in [9.17, 15) is 4.79 Å². The first-order valence-corrected chi connectivity index (χ1v) is 8.00. The van der Waals surface area contributed by atoms with Gasteiger partial charge in [0.1, 0.15) is 0 Å². The minimum atomic E-state index is 0.103. The van der Waals surface area contributed by atoms with E-state index in [0.717, 1.165) is 12.8 Å². The molecule has 0 aliphatic carbocycles. The number of rotatable bonds is 6. The maximum Gasteiger partial charge on any atom is 0.220 e. The van der Waals surface area contributed by atoms with Crippen molar-refractivity contribution < 1.29 is 4.79 Å². The summed E-state index contributed by atoms with van der Waals surface area (Å²) in [5.74, 6) is 0.119. The third-order valence-corrected chi connectivity index (χ3v) is 3.98. The molecule has 1 amide bonds. The summed E-state index contributed by atoms with van der Waals surface area (Å²) in [6.07, 6.45) is 2.22. The number of carbonyl (C=O) groups is 1. The number of aryl methyl sites for hydroxylation is 3. The molecular formula is C20H25NO. The fourth-order valence-electron chi connectivity index (χ4n) is 2.50. The predicted octanol–water partition coefficient (Wildman–Crippen LogP) is 4.50. The van der Waals surface area contributed by atoms with Gasteiger partial charge in [0.25, 0.3) is 0 Å². The highest BCUT2D eigenvalue weighted by Gasteiger charge is 2.12. The summed E-state index contributed by atoms with van der Waals surface area (Å²) in [6, 6.07) is 16.9. The molecule has 2 aromatic carbocycles. The maximum atomic E-state index is 12.2. The highest BCUT2D eigenvalue weighted by Crippen LogP contribution is 2.17. The van der Waals surface area contributed by atoms with Gasteiger partial charge in [0, 0.05) is 6.42 Å². The third kappa shape index (κ3) is 4.73. The van der Waals surface area contributed by atoms with Gasteiger partial charge in [-0.15, -0.1) is 0 Å². The van der Waals surface area contributed by atoms with Crippen molar-refractivity contribution in [3.63, 3.8) is 0 Å². The second-order valence-electron chi connectivity index (χ2n) is 5.92. The Bertz CT molecular complexity index is 599. The largest absolute Gasteiger partial charge is 0.349 e. The average Bonchev–Trinajstić information content (AvgIpc) is 2.53. The van der Waals surface area contributed by atoms with Gasteiger partial charge >= 0.3 is 0 Å². The highest BCUT2D eigenvalue weighted by molar-refractivity contribution is 5.76. The van der Waals surface area contributed by atoms with Crippen molar-refractivity contribution in [2.45, 2.75) is 46.1 Å². The monoisotopic (exact) mass is 295 g/mol. The molecule has 0 unspecified atom stereocenters. The zero-order chi connectivity index (χ0) is 15.9. The fourth-order valence-corrected chi connectivity index (χ4v) is 2.50. The Kier molecular flexibility index (Phi) is 5.76. The lowest BCUT2D eigenvalue weighted by atomic mass is 10.0. The van der Waals surface area contributed by atoms with E-state index in [-0.39, 0.29) is 11.9 Å². The van der Waals surface area contributed by atoms with Gasteiger partial charge in [-0.05, 0) is 37.8 Å². The Hall–Kier alpha value is -2.09. The number of benzene rings is 2. The van der Waals surface area contributed by atoms with Gasteiger partial charge in [0.05, 0.1) is 6.04 Å². The fraction of sp³-hybridized carbons (Fsp3) is 0.350. The molecule has 0 fully saturated rings. The van der Waals surface area contributed by atoms with Crippen LogP contribution in [0.5, 0.6) is 0 Å². The number of amides is 1. The van der Waals surface area contributed by atoms with Crippen LogP contribution in [-0.2, 0) is 11.2 Å². The molecule has 2 aromatic rings. The van der Waals surface area contributed by atoms with Crippen LogP contribution in [0.15, 0.2) is 48.5 Å². The third-order valence-electron chi connectivity index (χ3n) is 3.98. The SMILES string of the molecule is CC[C@@H](NC(=O)CCc1ccc(C)cc1)c1ccc(C)cc1. The van der Waals surface area contributed by atoms with Gasteiger partial charge in [0.2, 0.25) is 5.91 Å². The first-order valence-electron chi connectivity index (χ1n) is 8.00. The van der Waals surface area contributed by atoms with E-state index in [1.807, 2.05) is 0 Å². The van der Waals surface area contributed by atoms with Crippen molar-refractivity contribution in [1.29, 1.82) is 0 Å². The van der Waals surface area contributed by atoms with E-state index in [2.05, 4.69) is 74.6 Å². The molecule has 0 aliphatic rings. The number of carbonyl (C=O) groups excluding carboxylic acids is 1. The van der Waals surface area contributed by atoms with E-state index in [0.29, 0.717) is 6.42 Å². The van der Waals surface area contributed by atoms with Gasteiger partial charge in [-0.2, -0.15) is 0 Å². The quantitative estimate of drug-likeness (QED) is 0.835. The van der Waals surface area contributed by atoms with Gasteiger partial charge < -0.3 is 5.32 Å². The van der Waals surface area contributed by atoms with Crippen LogP contribution >= 0.6 is 0 Å². The molecule has 0 spiro atoms. The van der Waals surface area contributed by atoms with Crippen molar-refractivity contribution in [1.82, 2.24) is 5.32 Å². The van der Waals surface area contributed by atoms with Crippen molar-refractivity contribution in [3.8, 4) is 0 Å². The van der Waals surface area contributed by atoms with E-state index in [1.54, 1.807) is 0 Å². The van der Waals surface area contributed by atoms with Gasteiger partial charge in [-0.3, -0.25) is 4.79 Å². The summed E-state index contributed by atoms with van der Waals surface area (Å²) in [7, 11) is 0. The molecule has 2 nitrogen and oxygen atoms in total. The number of hydrogen-bond donors (Lipinski definition) is 1. The Morgan fingerprint density at radius 1 is 0.955 bits per heavy atom. The van der Waals surface area contributed by atoms with Crippen LogP contribution in [0.25, 0.3) is 0 Å². The zero-order valence-electron chi connectivity index (χ0n) is 13.7. The molecule has 0 radical (unpaired) electrons. The van der Waals surface area contributed by atoms with Crippen molar-refractivity contribution in [2.75, 3.05) is 0 Å². The molecule has 2 rings (SSSR count). The van der Waals surface area contributed by atoms with Gasteiger partial charge in [-0.1, -0.05) is 66.6 Å². The minimum Gasteiger partial charge on any atom is -0.349 e. The standard InChI is InChI=1S/C20H25NO/c1-4-19(18-12-7-16(3)8-13-18)21-20(22)14-11-17-9-5-15(2)6-10-17/h5-10,12-13,19H,4,11,14H2,1-3H3,(H,21,22)/t19-/m1/s1. The second kappa shape index (κ2) is 7.79. The molecule has 0 bridgehead atoms. The zero-order valence-corrected chi connectivity index (χ0v) is 13.7. The Morgan fingerprint density at radius 3 is 2.05 bits per heavy atom. The van der Waals surface area contributed by atoms with Crippen LogP contribution in [0.1, 0.15) is 48.1 Å². The smallest absolute Gasteiger partial charge is 0.220 e. The highest BCUT2D eigenvalue weighted by atomic mass is 16.1. The summed E-state index contributed by atoms with van der Waals surface area (Å²) in [5.41, 5.74) is 4.88. The van der Waals surface area contributed by atoms with Crippen molar-refractivity contribution >= 4 is 5.91 Å². The summed E-state index contributed by atoms with van der Waals surface area (Å²) >= 11 is 0. The lowest BCUT2D eigenvalue weighted by Crippen LogP contribution is -2.28. The Balaban J connectivity index is 1.89. The molecule has 0 saturated carbocycles. The predicted molar refractivity (Wildman–Crippen MR) is 91.9 cm³/mol. The lowest BCUT2D eigenvalue weighted by molar-refractivity contribution is -0.121. The summed E-state index contributed by atoms with van der Waals surface area (Å²) in [4.78, 5) is 12.2. The molecule has 116 valence electrons. The van der Waals surface area contributed by atoms with E-state index < -0.39 is 0 Å². The van der Waals surface area contributed by atoms with Crippen LogP contribution in [0, 0.1) is 13.8 Å². The van der Waals surface area contributed by atoms with Crippen molar-refractivity contribution in [2.24, 2.45) is 0 Å². The van der Waals surface area contributed by atoms with Crippen LogP contribution < -0.4 is 5.32 Å². The van der Waals surface area contributed by atoms with Crippen LogP contribution in [0.3, 0.4) is 0 Å². The molecule has 2 heteroatoms. The minimum absolute atomic E-state index is 0.103. The number of hydrogen-bond acceptors (Lipinski definition) is 1. The van der Waals surface area contributed by atoms with E-state index >= 15 is 0 Å². The first-order chi connectivity index (χ1) is 10.6. The lowest BCUT2D eigenvalue weighted by Gasteiger charge is -2.17. The topological polar surface area (TPSA) is 29.1 Å². The average molecular weight is 295 g/mol. The summed E-state index contributed by atoms with van der Waals surface area (Å²) in [5, 5.41) is 3.15. The van der Waals surface area contributed by atoms with Gasteiger partial charge in [-0.25, -0.2) is 0 Å². The van der Waals surface area contributed by atoms with E-state index in [1.165, 1.54) is 22.3 Å². The van der Waals surface area contributed by atoms with Crippen LogP contribution in [-0.4, -0.2) is 5.91 Å². The Labute approximate surface area is 133 Å². The molecule has 1 atom stereocenters. The number of nitrogens with one attached hydrogen (secondary N) is 1. The summed E-state index contributed by atoms with van der Waals surface area (Å²) < 4.78 is 0. The maximum absolute atomic E-state index is 12.2. The molecule has 0 aliphatic heterocycles. The van der Waals surface area contributed by atoms with E-state index in [4.69, 9.17) is 0 Å². The molecule has 0 aromatic heterocycles. The molecule has 0 heterocycles. The molecule has 22 heavy (non-hydrogen) atoms. The van der Waals surface area contributed by atoms with Gasteiger partial charge in [0.15, 0.2) is 0 Å². The second-order valence-corrected chi connectivity index (χ2v) is 5.92. The Morgan fingerprint density at radius 2 is 1.50 bits per heavy atom.